The molecule has 2 heterocycles. The van der Waals surface area contributed by atoms with E-state index in [1.165, 1.54) is 12.1 Å². The summed E-state index contributed by atoms with van der Waals surface area (Å²) in [5, 5.41) is 2.84. The molecule has 0 unspecified atom stereocenters. The van der Waals surface area contributed by atoms with E-state index in [2.05, 4.69) is 5.32 Å². The van der Waals surface area contributed by atoms with E-state index >= 15 is 0 Å². The molecule has 0 saturated carbocycles. The number of hydrogen-bond acceptors (Lipinski definition) is 2. The predicted octanol–water partition coefficient (Wildman–Crippen LogP) is 0.929. The zero-order chi connectivity index (χ0) is 12.7. The van der Waals surface area contributed by atoms with Gasteiger partial charge in [0.1, 0.15) is 5.82 Å². The Labute approximate surface area is 104 Å². The molecule has 2 saturated heterocycles. The van der Waals surface area contributed by atoms with Gasteiger partial charge in [-0.15, -0.1) is 0 Å². The van der Waals surface area contributed by atoms with Crippen molar-refractivity contribution in [1.29, 1.82) is 0 Å². The second-order valence-corrected chi connectivity index (χ2v) is 4.71. The van der Waals surface area contributed by atoms with Gasteiger partial charge in [-0.3, -0.25) is 9.59 Å². The number of likely N-dealkylation sites (tertiary alicyclic amines) is 1. The number of nitrogens with zero attached hydrogens (tertiary/aromatic N) is 1. The molecule has 1 aromatic rings. The van der Waals surface area contributed by atoms with E-state index in [0.717, 1.165) is 6.42 Å². The van der Waals surface area contributed by atoms with Crippen LogP contribution in [0.5, 0.6) is 0 Å². The quantitative estimate of drug-likeness (QED) is 0.803. The van der Waals surface area contributed by atoms with Crippen LogP contribution < -0.4 is 5.32 Å². The number of rotatable bonds is 1. The lowest BCUT2D eigenvalue weighted by molar-refractivity contribution is -0.119. The third kappa shape index (κ3) is 1.66. The van der Waals surface area contributed by atoms with Gasteiger partial charge in [-0.05, 0) is 18.6 Å². The summed E-state index contributed by atoms with van der Waals surface area (Å²) < 4.78 is 13.6. The molecule has 94 valence electrons. The first kappa shape index (κ1) is 11.2. The zero-order valence-electron chi connectivity index (χ0n) is 9.73. The Morgan fingerprint density at radius 1 is 1.39 bits per heavy atom. The van der Waals surface area contributed by atoms with Gasteiger partial charge in [0.05, 0.1) is 17.6 Å². The molecule has 0 bridgehead atoms. The van der Waals surface area contributed by atoms with Gasteiger partial charge >= 0.3 is 0 Å². The fraction of sp³-hybridized carbons (Fsp3) is 0.385. The molecule has 1 N–H and O–H groups in total. The number of amides is 2. The van der Waals surface area contributed by atoms with Crippen molar-refractivity contribution >= 4 is 11.8 Å². The second-order valence-electron chi connectivity index (χ2n) is 4.71. The topological polar surface area (TPSA) is 49.4 Å². The number of carbonyl (C=O) groups excluding carboxylic acids is 2. The fourth-order valence-electron chi connectivity index (χ4n) is 2.77. The molecule has 2 aliphatic heterocycles. The van der Waals surface area contributed by atoms with Gasteiger partial charge in [0.15, 0.2) is 0 Å². The molecule has 2 amide bonds. The first-order valence-corrected chi connectivity index (χ1v) is 6.01. The summed E-state index contributed by atoms with van der Waals surface area (Å²) in [4.78, 5) is 25.2. The summed E-state index contributed by atoms with van der Waals surface area (Å²) in [7, 11) is 0. The minimum absolute atomic E-state index is 0.0315. The Balaban J connectivity index is 1.86. The SMILES string of the molecule is O=C1C[C@@H]2[C@@H](CCN2C(=O)c2ccccc2F)N1. The summed E-state index contributed by atoms with van der Waals surface area (Å²) >= 11 is 0. The number of halogens is 1. The van der Waals surface area contributed by atoms with Crippen molar-refractivity contribution in [3.8, 4) is 0 Å². The summed E-state index contributed by atoms with van der Waals surface area (Å²) in [6, 6.07) is 5.87. The van der Waals surface area contributed by atoms with Gasteiger partial charge in [0.2, 0.25) is 5.91 Å². The molecule has 2 fully saturated rings. The van der Waals surface area contributed by atoms with E-state index < -0.39 is 5.82 Å². The number of nitrogens with one attached hydrogen (secondary N) is 1. The Morgan fingerprint density at radius 3 is 2.94 bits per heavy atom. The van der Waals surface area contributed by atoms with Crippen LogP contribution in [0.25, 0.3) is 0 Å². The molecule has 5 heteroatoms. The van der Waals surface area contributed by atoms with Crippen LogP contribution in [0, 0.1) is 5.82 Å². The van der Waals surface area contributed by atoms with E-state index in [1.54, 1.807) is 17.0 Å². The highest BCUT2D eigenvalue weighted by Gasteiger charge is 2.43. The van der Waals surface area contributed by atoms with E-state index in [-0.39, 0.29) is 29.5 Å². The number of carbonyl (C=O) groups is 2. The highest BCUT2D eigenvalue weighted by molar-refractivity contribution is 5.95. The minimum Gasteiger partial charge on any atom is -0.351 e. The highest BCUT2D eigenvalue weighted by Crippen LogP contribution is 2.27. The fourth-order valence-corrected chi connectivity index (χ4v) is 2.77. The van der Waals surface area contributed by atoms with Crippen LogP contribution in [0.2, 0.25) is 0 Å². The molecule has 2 atom stereocenters. The first-order chi connectivity index (χ1) is 8.66. The summed E-state index contributed by atoms with van der Waals surface area (Å²) in [5.74, 6) is -0.864. The highest BCUT2D eigenvalue weighted by atomic mass is 19.1. The van der Waals surface area contributed by atoms with E-state index in [0.29, 0.717) is 13.0 Å². The van der Waals surface area contributed by atoms with Crippen molar-refractivity contribution in [1.82, 2.24) is 10.2 Å². The van der Waals surface area contributed by atoms with Crippen LogP contribution in [-0.4, -0.2) is 35.3 Å². The maximum absolute atomic E-state index is 13.6. The Morgan fingerprint density at radius 2 is 2.17 bits per heavy atom. The lowest BCUT2D eigenvalue weighted by Crippen LogP contribution is -2.38. The molecule has 3 rings (SSSR count). The summed E-state index contributed by atoms with van der Waals surface area (Å²) in [5.41, 5.74) is 0.0810. The van der Waals surface area contributed by atoms with Crippen molar-refractivity contribution in [3.63, 3.8) is 0 Å². The van der Waals surface area contributed by atoms with Crippen LogP contribution in [0.3, 0.4) is 0 Å². The standard InChI is InChI=1S/C13H13FN2O2/c14-9-4-2-1-3-8(9)13(18)16-6-5-10-11(16)7-12(17)15-10/h1-4,10-11H,5-7H2,(H,15,17)/t10-,11-/m1/s1. The molecule has 0 radical (unpaired) electrons. The third-order valence-corrected chi connectivity index (χ3v) is 3.65. The largest absolute Gasteiger partial charge is 0.351 e. The second kappa shape index (κ2) is 4.08. The van der Waals surface area contributed by atoms with Crippen molar-refractivity contribution in [2.75, 3.05) is 6.54 Å². The maximum atomic E-state index is 13.6. The lowest BCUT2D eigenvalue weighted by Gasteiger charge is -2.22. The van der Waals surface area contributed by atoms with Crippen molar-refractivity contribution in [3.05, 3.63) is 35.6 Å². The number of fused-ring (bicyclic) bond motifs is 1. The van der Waals surface area contributed by atoms with Gasteiger partial charge in [-0.2, -0.15) is 0 Å². The normalized spacial score (nSPS) is 26.1. The molecule has 0 spiro atoms. The van der Waals surface area contributed by atoms with Crippen LogP contribution in [0.15, 0.2) is 24.3 Å². The molecule has 0 aromatic heterocycles. The van der Waals surface area contributed by atoms with Gasteiger partial charge < -0.3 is 10.2 Å². The first-order valence-electron chi connectivity index (χ1n) is 6.01. The monoisotopic (exact) mass is 248 g/mol. The maximum Gasteiger partial charge on any atom is 0.257 e. The van der Waals surface area contributed by atoms with Crippen molar-refractivity contribution < 1.29 is 14.0 Å². The smallest absolute Gasteiger partial charge is 0.257 e. The van der Waals surface area contributed by atoms with Gasteiger partial charge in [0, 0.05) is 13.0 Å². The Kier molecular flexibility index (Phi) is 2.54. The zero-order valence-corrected chi connectivity index (χ0v) is 9.73. The predicted molar refractivity (Wildman–Crippen MR) is 62.4 cm³/mol. The summed E-state index contributed by atoms with van der Waals surface area (Å²) in [6.07, 6.45) is 1.07. The number of hydrogen-bond donors (Lipinski definition) is 1. The number of benzene rings is 1. The van der Waals surface area contributed by atoms with Crippen LogP contribution in [0.4, 0.5) is 4.39 Å². The average molecular weight is 248 g/mol. The Hall–Kier alpha value is -1.91. The van der Waals surface area contributed by atoms with Crippen molar-refractivity contribution in [2.24, 2.45) is 0 Å². The van der Waals surface area contributed by atoms with E-state index in [1.807, 2.05) is 0 Å². The van der Waals surface area contributed by atoms with E-state index in [4.69, 9.17) is 0 Å². The lowest BCUT2D eigenvalue weighted by atomic mass is 10.1. The molecule has 2 aliphatic rings. The van der Waals surface area contributed by atoms with Crippen LogP contribution >= 0.6 is 0 Å². The Bertz CT molecular complexity index is 517. The average Bonchev–Trinajstić information content (AvgIpc) is 2.87. The molecular weight excluding hydrogens is 235 g/mol. The molecule has 4 nitrogen and oxygen atoms in total. The van der Waals surface area contributed by atoms with Crippen molar-refractivity contribution in [2.45, 2.75) is 24.9 Å². The van der Waals surface area contributed by atoms with Crippen LogP contribution in [0.1, 0.15) is 23.2 Å². The third-order valence-electron chi connectivity index (χ3n) is 3.65. The molecule has 1 aromatic carbocycles. The molecular formula is C13H13FN2O2. The molecule has 18 heavy (non-hydrogen) atoms. The molecule has 0 aliphatic carbocycles. The van der Waals surface area contributed by atoms with Gasteiger partial charge in [0.25, 0.3) is 5.91 Å². The minimum atomic E-state index is -0.511. The summed E-state index contributed by atoms with van der Waals surface area (Å²) in [6.45, 7) is 0.572. The van der Waals surface area contributed by atoms with Crippen LogP contribution in [-0.2, 0) is 4.79 Å². The van der Waals surface area contributed by atoms with Gasteiger partial charge in [-0.1, -0.05) is 12.1 Å². The van der Waals surface area contributed by atoms with Gasteiger partial charge in [-0.25, -0.2) is 4.39 Å². The van der Waals surface area contributed by atoms with E-state index in [9.17, 15) is 14.0 Å².